The molecular weight excluding hydrogens is 651 g/mol. The highest BCUT2D eigenvalue weighted by Crippen LogP contribution is 2.33. The van der Waals surface area contributed by atoms with E-state index in [1.54, 1.807) is 61.6 Å². The molecule has 39 heavy (non-hydrogen) atoms. The Labute approximate surface area is 241 Å². The zero-order valence-electron chi connectivity index (χ0n) is 21.5. The summed E-state index contributed by atoms with van der Waals surface area (Å²) >= 11 is 2.15. The predicted octanol–water partition coefficient (Wildman–Crippen LogP) is 5.70. The number of hydrogen-bond donors (Lipinski definition) is 0. The van der Waals surface area contributed by atoms with Crippen molar-refractivity contribution in [3.05, 3.63) is 90.5 Å². The van der Waals surface area contributed by atoms with Gasteiger partial charge in [0.25, 0.3) is 10.1 Å². The van der Waals surface area contributed by atoms with E-state index in [9.17, 15) is 16.8 Å². The minimum absolute atomic E-state index is 0.0533. The Hall–Kier alpha value is -3.00. The van der Waals surface area contributed by atoms with Gasteiger partial charge >= 0.3 is 0 Å². The van der Waals surface area contributed by atoms with Crippen LogP contribution in [0.2, 0.25) is 0 Å². The van der Waals surface area contributed by atoms with Crippen molar-refractivity contribution in [2.45, 2.75) is 21.7 Å². The van der Waals surface area contributed by atoms with Crippen molar-refractivity contribution in [1.29, 1.82) is 0 Å². The van der Waals surface area contributed by atoms with Gasteiger partial charge in [-0.15, -0.1) is 0 Å². The fourth-order valence-corrected chi connectivity index (χ4v) is 6.63. The van der Waals surface area contributed by atoms with Crippen molar-refractivity contribution < 1.29 is 25.8 Å². The lowest BCUT2D eigenvalue weighted by Crippen LogP contribution is -2.13. The number of benzene rings is 4. The van der Waals surface area contributed by atoms with Gasteiger partial charge in [0, 0.05) is 17.8 Å². The largest absolute Gasteiger partial charge is 0.491 e. The van der Waals surface area contributed by atoms with E-state index in [1.807, 2.05) is 30.1 Å². The molecule has 1 heterocycles. The van der Waals surface area contributed by atoms with E-state index in [0.717, 1.165) is 10.9 Å². The zero-order valence-corrected chi connectivity index (χ0v) is 25.3. The summed E-state index contributed by atoms with van der Waals surface area (Å²) in [6, 6.07) is 23.8. The quantitative estimate of drug-likeness (QED) is 0.0898. The van der Waals surface area contributed by atoms with Crippen molar-refractivity contribution in [2.24, 2.45) is 7.05 Å². The summed E-state index contributed by atoms with van der Waals surface area (Å²) in [6.07, 6.45) is 0. The van der Waals surface area contributed by atoms with Gasteiger partial charge in [-0.25, -0.2) is 8.42 Å². The first-order chi connectivity index (χ1) is 18.7. The average Bonchev–Trinajstić information content (AvgIpc) is 3.28. The van der Waals surface area contributed by atoms with Gasteiger partial charge in [0.2, 0.25) is 9.84 Å². The molecule has 204 valence electrons. The van der Waals surface area contributed by atoms with E-state index in [1.165, 1.54) is 16.8 Å². The summed E-state index contributed by atoms with van der Waals surface area (Å²) in [6.45, 7) is 1.60. The van der Waals surface area contributed by atoms with Gasteiger partial charge in [0.05, 0.1) is 15.3 Å². The Bertz CT molecular complexity index is 1830. The van der Waals surface area contributed by atoms with Crippen LogP contribution >= 0.6 is 22.6 Å². The average molecular weight is 679 g/mol. The van der Waals surface area contributed by atoms with Gasteiger partial charge < -0.3 is 4.74 Å². The molecule has 0 saturated heterocycles. The Balaban J connectivity index is 0.00000172. The molecule has 0 aliphatic carbocycles. The van der Waals surface area contributed by atoms with Crippen LogP contribution in [0.4, 0.5) is 0 Å². The van der Waals surface area contributed by atoms with Gasteiger partial charge in [0.15, 0.2) is 5.03 Å². The lowest BCUT2D eigenvalue weighted by atomic mass is 10.1. The second-order valence-electron chi connectivity index (χ2n) is 8.53. The van der Waals surface area contributed by atoms with Crippen LogP contribution in [-0.4, -0.2) is 44.8 Å². The van der Waals surface area contributed by atoms with E-state index in [0.29, 0.717) is 22.0 Å². The maximum atomic E-state index is 13.7. The third kappa shape index (κ3) is 6.11. The highest BCUT2D eigenvalue weighted by atomic mass is 127. The normalized spacial score (nSPS) is 11.8. The monoisotopic (exact) mass is 678 g/mol. The van der Waals surface area contributed by atoms with Crippen LogP contribution in [0.1, 0.15) is 5.56 Å². The van der Waals surface area contributed by atoms with Crippen LogP contribution in [0.25, 0.3) is 21.7 Å². The third-order valence-corrected chi connectivity index (χ3v) is 9.05. The number of hydrogen-bond acceptors (Lipinski definition) is 7. The van der Waals surface area contributed by atoms with E-state index in [2.05, 4.69) is 27.7 Å². The first-order valence-corrected chi connectivity index (χ1v) is 16.9. The molecule has 0 atom stereocenters. The summed E-state index contributed by atoms with van der Waals surface area (Å²) in [4.78, 5) is 2.21. The minimum Gasteiger partial charge on any atom is -0.491 e. The molecule has 4 aromatic carbocycles. The molecule has 0 amide bonds. The van der Waals surface area contributed by atoms with Gasteiger partial charge in [0.1, 0.15) is 19.0 Å². The van der Waals surface area contributed by atoms with Crippen LogP contribution in [0.15, 0.2) is 99.7 Å². The molecule has 11 heteroatoms. The number of nitrogens with zero attached hydrogens (tertiary/aromatic N) is 2. The van der Waals surface area contributed by atoms with Gasteiger partial charge in [-0.05, 0) is 53.6 Å². The van der Waals surface area contributed by atoms with E-state index in [-0.39, 0.29) is 28.0 Å². The molecule has 5 rings (SSSR count). The smallest absolute Gasteiger partial charge is 0.297 e. The van der Waals surface area contributed by atoms with Crippen LogP contribution in [0.3, 0.4) is 0 Å². The molecule has 0 fully saturated rings. The standard InChI is InChI=1S/C27H24N2O6S2.CH3I/c1-19-10-13-22(14-11-19)37(32,33)35-17-16-34-21-12-15-25-24(18-21)27(28-29(25)2)36(30,31)26-9-5-7-20-6-3-4-8-23(20)26;1-2/h3-15,18H,16-17H2,1-2H3;1H3. The molecule has 5 aromatic rings. The fourth-order valence-electron chi connectivity index (χ4n) is 4.11. The summed E-state index contributed by atoms with van der Waals surface area (Å²) in [7, 11) is -6.19. The van der Waals surface area contributed by atoms with E-state index >= 15 is 0 Å². The molecule has 8 nitrogen and oxygen atoms in total. The second kappa shape index (κ2) is 12.0. The summed E-state index contributed by atoms with van der Waals surface area (Å²) < 4.78 is 64.4. The zero-order chi connectivity index (χ0) is 28.2. The highest BCUT2D eigenvalue weighted by Gasteiger charge is 2.27. The Morgan fingerprint density at radius 2 is 1.51 bits per heavy atom. The number of alkyl halides is 1. The molecule has 0 saturated carbocycles. The number of fused-ring (bicyclic) bond motifs is 2. The second-order valence-corrected chi connectivity index (χ2v) is 12.0. The molecule has 1 aromatic heterocycles. The first-order valence-electron chi connectivity index (χ1n) is 11.8. The molecule has 0 aliphatic rings. The van der Waals surface area contributed by atoms with Crippen molar-refractivity contribution in [1.82, 2.24) is 9.78 Å². The molecule has 0 unspecified atom stereocenters. The first kappa shape index (κ1) is 29.0. The molecule has 0 N–H and O–H groups in total. The highest BCUT2D eigenvalue weighted by molar-refractivity contribution is 14.1. The lowest BCUT2D eigenvalue weighted by molar-refractivity contribution is 0.221. The van der Waals surface area contributed by atoms with Crippen LogP contribution in [0, 0.1) is 6.92 Å². The molecule has 0 aliphatic heterocycles. The number of ether oxygens (including phenoxy) is 1. The van der Waals surface area contributed by atoms with Crippen molar-refractivity contribution in [3.8, 4) is 5.75 Å². The number of aromatic nitrogens is 2. The number of sulfone groups is 1. The van der Waals surface area contributed by atoms with E-state index in [4.69, 9.17) is 8.92 Å². The Morgan fingerprint density at radius 1 is 0.821 bits per heavy atom. The summed E-state index contributed by atoms with van der Waals surface area (Å²) in [5.74, 6) is 0.367. The predicted molar refractivity (Wildman–Crippen MR) is 160 cm³/mol. The SMILES string of the molecule is CI.Cc1ccc(S(=O)(=O)OCCOc2ccc3c(c2)c(S(=O)(=O)c2cccc4ccccc24)nn3C)cc1. The van der Waals surface area contributed by atoms with Crippen molar-refractivity contribution >= 4 is 64.2 Å². The van der Waals surface area contributed by atoms with Crippen LogP contribution in [-0.2, 0) is 31.2 Å². The van der Waals surface area contributed by atoms with Gasteiger partial charge in [-0.1, -0.05) is 76.7 Å². The fraction of sp³-hybridized carbons (Fsp3) is 0.179. The molecular formula is C28H27IN2O6S2. The maximum Gasteiger partial charge on any atom is 0.297 e. The lowest BCUT2D eigenvalue weighted by Gasteiger charge is -2.09. The maximum absolute atomic E-state index is 13.7. The van der Waals surface area contributed by atoms with Crippen molar-refractivity contribution in [2.75, 3.05) is 18.1 Å². The van der Waals surface area contributed by atoms with Gasteiger partial charge in [-0.3, -0.25) is 8.86 Å². The third-order valence-electron chi connectivity index (χ3n) is 5.98. The topological polar surface area (TPSA) is 105 Å². The van der Waals surface area contributed by atoms with Crippen LogP contribution in [0.5, 0.6) is 5.75 Å². The summed E-state index contributed by atoms with van der Waals surface area (Å²) in [5.41, 5.74) is 1.55. The Morgan fingerprint density at radius 3 is 2.26 bits per heavy atom. The number of aryl methyl sites for hydroxylation is 2. The van der Waals surface area contributed by atoms with E-state index < -0.39 is 20.0 Å². The van der Waals surface area contributed by atoms with Gasteiger partial charge in [-0.2, -0.15) is 13.5 Å². The Kier molecular flexibility index (Phi) is 8.94. The molecule has 0 spiro atoms. The number of halogens is 1. The van der Waals surface area contributed by atoms with Crippen LogP contribution < -0.4 is 4.74 Å². The van der Waals surface area contributed by atoms with Crippen molar-refractivity contribution in [3.63, 3.8) is 0 Å². The minimum atomic E-state index is -3.96. The number of rotatable bonds is 8. The summed E-state index contributed by atoms with van der Waals surface area (Å²) in [5, 5.41) is 6.08. The molecule has 0 radical (unpaired) electrons. The molecule has 0 bridgehead atoms.